The van der Waals surface area contributed by atoms with Gasteiger partial charge in [0.05, 0.1) is 11.0 Å². The quantitative estimate of drug-likeness (QED) is 0.847. The van der Waals surface area contributed by atoms with Crippen molar-refractivity contribution in [3.05, 3.63) is 29.6 Å². The number of sulfone groups is 1. The van der Waals surface area contributed by atoms with E-state index in [2.05, 4.69) is 0 Å². The number of ether oxygens (including phenoxy) is 1. The van der Waals surface area contributed by atoms with Gasteiger partial charge < -0.3 is 10.5 Å². The first-order valence-electron chi connectivity index (χ1n) is 5.81. The van der Waals surface area contributed by atoms with Crippen LogP contribution in [0.4, 0.5) is 10.1 Å². The molecule has 0 saturated carbocycles. The standard InChI is InChI=1S/C12H16FNO3S/c13-10-5-9(6-11(14)7-10)8-18(15,16)12-1-3-17-4-2-12/h5-7,12H,1-4,8,14H2. The maximum Gasteiger partial charge on any atom is 0.157 e. The largest absolute Gasteiger partial charge is 0.399 e. The van der Waals surface area contributed by atoms with E-state index in [9.17, 15) is 12.8 Å². The predicted molar refractivity (Wildman–Crippen MR) is 67.3 cm³/mol. The zero-order valence-corrected chi connectivity index (χ0v) is 10.7. The van der Waals surface area contributed by atoms with Gasteiger partial charge in [0.1, 0.15) is 5.82 Å². The molecule has 0 bridgehead atoms. The number of anilines is 1. The van der Waals surface area contributed by atoms with Gasteiger partial charge >= 0.3 is 0 Å². The van der Waals surface area contributed by atoms with E-state index in [-0.39, 0.29) is 11.4 Å². The summed E-state index contributed by atoms with van der Waals surface area (Å²) < 4.78 is 42.6. The summed E-state index contributed by atoms with van der Waals surface area (Å²) in [5.41, 5.74) is 6.15. The van der Waals surface area contributed by atoms with Gasteiger partial charge in [-0.1, -0.05) is 0 Å². The van der Waals surface area contributed by atoms with Gasteiger partial charge in [0, 0.05) is 18.9 Å². The van der Waals surface area contributed by atoms with Crippen LogP contribution >= 0.6 is 0 Å². The normalized spacial score (nSPS) is 17.8. The van der Waals surface area contributed by atoms with Crippen LogP contribution in [0.5, 0.6) is 0 Å². The number of hydrogen-bond acceptors (Lipinski definition) is 4. The molecule has 100 valence electrons. The van der Waals surface area contributed by atoms with Crippen molar-refractivity contribution in [3.63, 3.8) is 0 Å². The Hall–Kier alpha value is -1.14. The molecule has 2 N–H and O–H groups in total. The molecule has 1 saturated heterocycles. The van der Waals surface area contributed by atoms with Crippen molar-refractivity contribution in [1.29, 1.82) is 0 Å². The number of rotatable bonds is 3. The van der Waals surface area contributed by atoms with E-state index >= 15 is 0 Å². The highest BCUT2D eigenvalue weighted by Crippen LogP contribution is 2.21. The fourth-order valence-electron chi connectivity index (χ4n) is 2.14. The number of hydrogen-bond donors (Lipinski definition) is 1. The van der Waals surface area contributed by atoms with Crippen molar-refractivity contribution in [2.75, 3.05) is 18.9 Å². The third-order valence-corrected chi connectivity index (χ3v) is 5.25. The van der Waals surface area contributed by atoms with E-state index in [1.54, 1.807) is 0 Å². The zero-order valence-electron chi connectivity index (χ0n) is 9.93. The average Bonchev–Trinajstić information content (AvgIpc) is 2.28. The minimum absolute atomic E-state index is 0.167. The summed E-state index contributed by atoms with van der Waals surface area (Å²) in [5.74, 6) is -0.674. The van der Waals surface area contributed by atoms with Crippen LogP contribution in [0.25, 0.3) is 0 Å². The molecule has 1 aliphatic heterocycles. The highest BCUT2D eigenvalue weighted by atomic mass is 32.2. The van der Waals surface area contributed by atoms with Crippen LogP contribution in [0.3, 0.4) is 0 Å². The Morgan fingerprint density at radius 1 is 1.28 bits per heavy atom. The Kier molecular flexibility index (Phi) is 3.87. The maximum absolute atomic E-state index is 13.2. The molecule has 0 atom stereocenters. The van der Waals surface area contributed by atoms with Crippen molar-refractivity contribution in [3.8, 4) is 0 Å². The lowest BCUT2D eigenvalue weighted by Crippen LogP contribution is -2.29. The van der Waals surface area contributed by atoms with E-state index < -0.39 is 20.9 Å². The number of nitrogens with two attached hydrogens (primary N) is 1. The molecule has 1 aliphatic rings. The number of halogens is 1. The van der Waals surface area contributed by atoms with E-state index in [1.165, 1.54) is 18.2 Å². The molecule has 4 nitrogen and oxygen atoms in total. The van der Waals surface area contributed by atoms with E-state index in [1.807, 2.05) is 0 Å². The monoisotopic (exact) mass is 273 g/mol. The molecule has 0 radical (unpaired) electrons. The molecule has 18 heavy (non-hydrogen) atoms. The van der Waals surface area contributed by atoms with Crippen molar-refractivity contribution in [1.82, 2.24) is 0 Å². The second-order valence-electron chi connectivity index (χ2n) is 4.51. The highest BCUT2D eigenvalue weighted by molar-refractivity contribution is 7.91. The van der Waals surface area contributed by atoms with Crippen LogP contribution < -0.4 is 5.73 Å². The van der Waals surface area contributed by atoms with Crippen LogP contribution in [0, 0.1) is 5.82 Å². The minimum atomic E-state index is -3.27. The molecule has 0 unspecified atom stereocenters. The Balaban J connectivity index is 2.16. The maximum atomic E-state index is 13.2. The van der Waals surface area contributed by atoms with Crippen molar-refractivity contribution >= 4 is 15.5 Å². The van der Waals surface area contributed by atoms with Gasteiger partial charge in [-0.15, -0.1) is 0 Å². The summed E-state index contributed by atoms with van der Waals surface area (Å²) >= 11 is 0. The summed E-state index contributed by atoms with van der Waals surface area (Å²) in [6.45, 7) is 0.935. The molecule has 0 amide bonds. The molecule has 2 rings (SSSR count). The van der Waals surface area contributed by atoms with E-state index in [0.717, 1.165) is 0 Å². The smallest absolute Gasteiger partial charge is 0.157 e. The molecular weight excluding hydrogens is 257 g/mol. The second-order valence-corrected chi connectivity index (χ2v) is 6.79. The van der Waals surface area contributed by atoms with Gasteiger partial charge in [0.25, 0.3) is 0 Å². The van der Waals surface area contributed by atoms with Crippen LogP contribution in [-0.2, 0) is 20.3 Å². The third-order valence-electron chi connectivity index (χ3n) is 3.02. The van der Waals surface area contributed by atoms with E-state index in [0.29, 0.717) is 31.6 Å². The fraction of sp³-hybridized carbons (Fsp3) is 0.500. The number of benzene rings is 1. The molecule has 1 aromatic carbocycles. The van der Waals surface area contributed by atoms with E-state index in [4.69, 9.17) is 10.5 Å². The van der Waals surface area contributed by atoms with Crippen LogP contribution in [0.1, 0.15) is 18.4 Å². The lowest BCUT2D eigenvalue weighted by atomic mass is 10.2. The Morgan fingerprint density at radius 3 is 2.56 bits per heavy atom. The van der Waals surface area contributed by atoms with Crippen LogP contribution in [0.2, 0.25) is 0 Å². The van der Waals surface area contributed by atoms with Crippen molar-refractivity contribution in [2.24, 2.45) is 0 Å². The Bertz CT molecular complexity index is 504. The zero-order chi connectivity index (χ0) is 13.2. The Labute approximate surface area is 106 Å². The molecule has 1 aromatic rings. The fourth-order valence-corrected chi connectivity index (χ4v) is 3.92. The summed E-state index contributed by atoms with van der Waals surface area (Å²) in [6, 6.07) is 3.89. The van der Waals surface area contributed by atoms with Gasteiger partial charge in [-0.25, -0.2) is 12.8 Å². The first-order valence-corrected chi connectivity index (χ1v) is 7.53. The van der Waals surface area contributed by atoms with Crippen molar-refractivity contribution in [2.45, 2.75) is 23.8 Å². The first-order chi connectivity index (χ1) is 8.47. The van der Waals surface area contributed by atoms with Gasteiger partial charge in [0.2, 0.25) is 0 Å². The summed E-state index contributed by atoms with van der Waals surface area (Å²) in [4.78, 5) is 0. The predicted octanol–water partition coefficient (Wildman–Crippen LogP) is 1.50. The summed E-state index contributed by atoms with van der Waals surface area (Å²) in [7, 11) is -3.27. The second kappa shape index (κ2) is 5.24. The molecule has 6 heteroatoms. The molecule has 1 heterocycles. The van der Waals surface area contributed by atoms with Gasteiger partial charge in [-0.05, 0) is 36.6 Å². The van der Waals surface area contributed by atoms with Crippen LogP contribution in [0.15, 0.2) is 18.2 Å². The van der Waals surface area contributed by atoms with Gasteiger partial charge in [-0.3, -0.25) is 0 Å². The van der Waals surface area contributed by atoms with Crippen LogP contribution in [-0.4, -0.2) is 26.9 Å². The third kappa shape index (κ3) is 3.20. The summed E-state index contributed by atoms with van der Waals surface area (Å²) in [5, 5.41) is -0.393. The molecule has 1 fully saturated rings. The molecular formula is C12H16FNO3S. The molecule has 0 aliphatic carbocycles. The minimum Gasteiger partial charge on any atom is -0.399 e. The SMILES string of the molecule is Nc1cc(F)cc(CS(=O)(=O)C2CCOCC2)c1. The van der Waals surface area contributed by atoms with Crippen molar-refractivity contribution < 1.29 is 17.5 Å². The summed E-state index contributed by atoms with van der Waals surface area (Å²) in [6.07, 6.45) is 1.01. The lowest BCUT2D eigenvalue weighted by molar-refractivity contribution is 0.0983. The number of nitrogen functional groups attached to an aromatic ring is 1. The van der Waals surface area contributed by atoms with Gasteiger partial charge in [0.15, 0.2) is 9.84 Å². The topological polar surface area (TPSA) is 69.4 Å². The Morgan fingerprint density at radius 2 is 1.94 bits per heavy atom. The first kappa shape index (κ1) is 13.3. The average molecular weight is 273 g/mol. The highest BCUT2D eigenvalue weighted by Gasteiger charge is 2.27. The molecule has 0 spiro atoms. The molecule has 0 aromatic heterocycles. The van der Waals surface area contributed by atoms with Gasteiger partial charge in [-0.2, -0.15) is 0 Å². The lowest BCUT2D eigenvalue weighted by Gasteiger charge is -2.22.